The molecular weight excluding hydrogens is 330 g/mol. The minimum Gasteiger partial charge on any atom is -0.371 e. The Labute approximate surface area is 160 Å². The Hall–Kier alpha value is -0.940. The Balaban J connectivity index is 3.97. The highest BCUT2D eigenvalue weighted by molar-refractivity contribution is 5.80. The van der Waals surface area contributed by atoms with Crippen LogP contribution in [-0.4, -0.2) is 43.7 Å². The van der Waals surface area contributed by atoms with Gasteiger partial charge in [0.05, 0.1) is 13.2 Å². The van der Waals surface area contributed by atoms with Crippen LogP contribution in [0.1, 0.15) is 86.5 Å². The quantitative estimate of drug-likeness (QED) is 0.411. The third-order valence-corrected chi connectivity index (χ3v) is 6.13. The van der Waals surface area contributed by atoms with Crippen molar-refractivity contribution in [2.24, 2.45) is 5.41 Å². The summed E-state index contributed by atoms with van der Waals surface area (Å²) in [6.07, 6.45) is 6.34. The van der Waals surface area contributed by atoms with Crippen LogP contribution in [-0.2, 0) is 19.1 Å². The van der Waals surface area contributed by atoms with E-state index in [9.17, 15) is 9.59 Å². The van der Waals surface area contributed by atoms with Crippen molar-refractivity contribution in [2.45, 2.75) is 92.0 Å². The highest BCUT2D eigenvalue weighted by atomic mass is 16.5. The van der Waals surface area contributed by atoms with Crippen molar-refractivity contribution in [3.8, 4) is 0 Å². The summed E-state index contributed by atoms with van der Waals surface area (Å²) in [7, 11) is 0. The van der Waals surface area contributed by atoms with Crippen LogP contribution < -0.4 is 5.32 Å². The van der Waals surface area contributed by atoms with E-state index >= 15 is 0 Å². The second-order valence-corrected chi connectivity index (χ2v) is 7.27. The average Bonchev–Trinajstić information content (AvgIpc) is 2.67. The van der Waals surface area contributed by atoms with E-state index in [0.29, 0.717) is 19.6 Å². The number of nitrogens with one attached hydrogen (secondary N) is 1. The molecule has 0 heterocycles. The SMILES string of the molecule is CCC(CC)(CC)CC(=O)COCCOCC(=O)NC(CC)(CC)CC. The van der Waals surface area contributed by atoms with Crippen LogP contribution in [0.2, 0.25) is 0 Å². The van der Waals surface area contributed by atoms with Gasteiger partial charge in [-0.15, -0.1) is 0 Å². The first kappa shape index (κ1) is 25.1. The van der Waals surface area contributed by atoms with Gasteiger partial charge in [0.2, 0.25) is 5.91 Å². The molecule has 5 heteroatoms. The molecule has 0 rings (SSSR count). The molecule has 0 bridgehead atoms. The topological polar surface area (TPSA) is 64.6 Å². The van der Waals surface area contributed by atoms with Crippen molar-refractivity contribution >= 4 is 11.7 Å². The summed E-state index contributed by atoms with van der Waals surface area (Å²) in [4.78, 5) is 24.1. The monoisotopic (exact) mass is 371 g/mol. The summed E-state index contributed by atoms with van der Waals surface area (Å²) in [6, 6.07) is 0. The molecule has 0 aromatic carbocycles. The Morgan fingerprint density at radius 1 is 0.731 bits per heavy atom. The summed E-state index contributed by atoms with van der Waals surface area (Å²) in [5.41, 5.74) is -0.0208. The van der Waals surface area contributed by atoms with Gasteiger partial charge in [-0.2, -0.15) is 0 Å². The van der Waals surface area contributed by atoms with Crippen LogP contribution in [0.5, 0.6) is 0 Å². The average molecular weight is 372 g/mol. The summed E-state index contributed by atoms with van der Waals surface area (Å²) < 4.78 is 10.8. The molecule has 0 radical (unpaired) electrons. The predicted octanol–water partition coefficient (Wildman–Crippen LogP) is 4.28. The molecule has 5 nitrogen and oxygen atoms in total. The minimum atomic E-state index is -0.131. The van der Waals surface area contributed by atoms with Gasteiger partial charge in [-0.05, 0) is 24.7 Å². The summed E-state index contributed by atoms with van der Waals surface area (Å²) in [5, 5.41) is 3.07. The number of hydrogen-bond acceptors (Lipinski definition) is 4. The Bertz CT molecular complexity index is 346. The van der Waals surface area contributed by atoms with Crippen LogP contribution in [0.15, 0.2) is 0 Å². The number of ketones is 1. The number of rotatable bonds is 16. The van der Waals surface area contributed by atoms with Crippen molar-refractivity contribution in [1.29, 1.82) is 0 Å². The lowest BCUT2D eigenvalue weighted by Crippen LogP contribution is -2.48. The normalized spacial score (nSPS) is 12.2. The number of Topliss-reactive ketones (excluding diaryl/α,β-unsaturated/α-hetero) is 1. The zero-order valence-corrected chi connectivity index (χ0v) is 17.9. The van der Waals surface area contributed by atoms with Crippen molar-refractivity contribution in [1.82, 2.24) is 5.32 Å². The number of carbonyl (C=O) groups excluding carboxylic acids is 2. The van der Waals surface area contributed by atoms with Gasteiger partial charge in [0.1, 0.15) is 13.2 Å². The van der Waals surface area contributed by atoms with E-state index in [4.69, 9.17) is 9.47 Å². The van der Waals surface area contributed by atoms with Crippen LogP contribution in [0.4, 0.5) is 0 Å². The van der Waals surface area contributed by atoms with Crippen molar-refractivity contribution < 1.29 is 19.1 Å². The lowest BCUT2D eigenvalue weighted by atomic mass is 9.76. The first-order chi connectivity index (χ1) is 12.4. The Kier molecular flexibility index (Phi) is 12.8. The molecule has 154 valence electrons. The first-order valence-electron chi connectivity index (χ1n) is 10.3. The maximum Gasteiger partial charge on any atom is 0.246 e. The van der Waals surface area contributed by atoms with Gasteiger partial charge in [-0.1, -0.05) is 60.8 Å². The zero-order valence-electron chi connectivity index (χ0n) is 17.9. The lowest BCUT2D eigenvalue weighted by Gasteiger charge is -2.31. The molecule has 0 saturated heterocycles. The van der Waals surface area contributed by atoms with Crippen molar-refractivity contribution in [3.05, 3.63) is 0 Å². The molecule has 0 unspecified atom stereocenters. The third kappa shape index (κ3) is 8.63. The standard InChI is InChI=1S/C21H41NO4/c1-7-20(8-2,9-3)15-18(23)16-25-13-14-26-17-19(24)22-21(10-4,11-5)12-6/h7-17H2,1-6H3,(H,22,24). The second-order valence-electron chi connectivity index (χ2n) is 7.27. The molecule has 0 aliphatic rings. The smallest absolute Gasteiger partial charge is 0.246 e. The van der Waals surface area contributed by atoms with Crippen LogP contribution in [0, 0.1) is 5.41 Å². The first-order valence-corrected chi connectivity index (χ1v) is 10.3. The molecule has 0 atom stereocenters. The van der Waals surface area contributed by atoms with E-state index in [1.165, 1.54) is 0 Å². The molecule has 0 aromatic rings. The fraction of sp³-hybridized carbons (Fsp3) is 0.905. The maximum absolute atomic E-state index is 12.1. The van der Waals surface area contributed by atoms with Gasteiger partial charge >= 0.3 is 0 Å². The number of ether oxygens (including phenoxy) is 2. The van der Waals surface area contributed by atoms with Crippen LogP contribution in [0.25, 0.3) is 0 Å². The van der Waals surface area contributed by atoms with Gasteiger partial charge in [0, 0.05) is 12.0 Å². The summed E-state index contributed by atoms with van der Waals surface area (Å²) in [5.74, 6) is 0.0529. The van der Waals surface area contributed by atoms with Crippen LogP contribution >= 0.6 is 0 Å². The van der Waals surface area contributed by atoms with Gasteiger partial charge in [0.15, 0.2) is 5.78 Å². The molecule has 26 heavy (non-hydrogen) atoms. The fourth-order valence-corrected chi connectivity index (χ4v) is 3.41. The lowest BCUT2D eigenvalue weighted by molar-refractivity contribution is -0.130. The second kappa shape index (κ2) is 13.3. The third-order valence-electron chi connectivity index (χ3n) is 6.13. The minimum absolute atomic E-state index is 0.0314. The molecule has 0 saturated carbocycles. The van der Waals surface area contributed by atoms with Gasteiger partial charge in [0.25, 0.3) is 0 Å². The molecule has 0 aliphatic carbocycles. The van der Waals surface area contributed by atoms with Crippen LogP contribution in [0.3, 0.4) is 0 Å². The van der Waals surface area contributed by atoms with Gasteiger partial charge in [-0.3, -0.25) is 9.59 Å². The fourth-order valence-electron chi connectivity index (χ4n) is 3.41. The number of hydrogen-bond donors (Lipinski definition) is 1. The molecule has 0 aliphatic heterocycles. The molecular formula is C21H41NO4. The molecule has 1 amide bonds. The summed E-state index contributed by atoms with van der Waals surface area (Å²) >= 11 is 0. The molecule has 1 N–H and O–H groups in total. The van der Waals surface area contributed by atoms with E-state index < -0.39 is 0 Å². The molecule has 0 aromatic heterocycles. The van der Waals surface area contributed by atoms with E-state index in [-0.39, 0.29) is 35.9 Å². The summed E-state index contributed by atoms with van der Waals surface area (Å²) in [6.45, 7) is 13.5. The number of carbonyl (C=O) groups is 2. The Morgan fingerprint density at radius 3 is 1.62 bits per heavy atom. The van der Waals surface area contributed by atoms with Gasteiger partial charge in [-0.25, -0.2) is 0 Å². The van der Waals surface area contributed by atoms with E-state index in [1.807, 2.05) is 0 Å². The van der Waals surface area contributed by atoms with E-state index in [1.54, 1.807) is 0 Å². The van der Waals surface area contributed by atoms with E-state index in [2.05, 4.69) is 46.9 Å². The number of amides is 1. The highest BCUT2D eigenvalue weighted by Crippen LogP contribution is 2.34. The highest BCUT2D eigenvalue weighted by Gasteiger charge is 2.27. The van der Waals surface area contributed by atoms with Crippen molar-refractivity contribution in [3.63, 3.8) is 0 Å². The predicted molar refractivity (Wildman–Crippen MR) is 106 cm³/mol. The zero-order chi connectivity index (χ0) is 20.1. The molecule has 0 fully saturated rings. The maximum atomic E-state index is 12.1. The van der Waals surface area contributed by atoms with E-state index in [0.717, 1.165) is 38.5 Å². The molecule has 0 spiro atoms. The van der Waals surface area contributed by atoms with Gasteiger partial charge < -0.3 is 14.8 Å². The Morgan fingerprint density at radius 2 is 1.19 bits per heavy atom. The van der Waals surface area contributed by atoms with Crippen molar-refractivity contribution in [2.75, 3.05) is 26.4 Å². The largest absolute Gasteiger partial charge is 0.371 e.